The lowest BCUT2D eigenvalue weighted by Gasteiger charge is -2.21. The second-order valence-corrected chi connectivity index (χ2v) is 6.27. The maximum atomic E-state index is 6.10. The number of rotatable bonds is 5. The molecule has 0 atom stereocenters. The van der Waals surface area contributed by atoms with Crippen LogP contribution in [-0.4, -0.2) is 20.8 Å². The van der Waals surface area contributed by atoms with Crippen molar-refractivity contribution in [2.45, 2.75) is 13.3 Å². The van der Waals surface area contributed by atoms with Crippen LogP contribution in [0.3, 0.4) is 0 Å². The highest BCUT2D eigenvalue weighted by molar-refractivity contribution is 6.30. The van der Waals surface area contributed by atoms with Crippen molar-refractivity contribution in [1.82, 2.24) is 5.43 Å². The van der Waals surface area contributed by atoms with Crippen LogP contribution >= 0.6 is 11.6 Å². The Balaban J connectivity index is 1.77. The molecule has 0 aliphatic carbocycles. The molecule has 2 aromatic rings. The molecule has 1 N–H and O–H groups in total. The van der Waals surface area contributed by atoms with Crippen molar-refractivity contribution in [3.63, 3.8) is 0 Å². The van der Waals surface area contributed by atoms with Gasteiger partial charge in [0, 0.05) is 23.2 Å². The molecule has 126 valence electrons. The Morgan fingerprint density at radius 2 is 1.79 bits per heavy atom. The molecule has 0 fully saturated rings. The lowest BCUT2D eigenvalue weighted by atomic mass is 10.1. The zero-order valence-corrected chi connectivity index (χ0v) is 14.9. The zero-order chi connectivity index (χ0) is 17.1. The number of benzene rings is 2. The Bertz CT molecular complexity index is 751. The van der Waals surface area contributed by atoms with Gasteiger partial charge in [-0.1, -0.05) is 17.7 Å². The van der Waals surface area contributed by atoms with Crippen LogP contribution in [0.15, 0.2) is 53.7 Å². The van der Waals surface area contributed by atoms with Crippen LogP contribution in [0.25, 0.3) is 0 Å². The molecule has 4 nitrogen and oxygen atoms in total. The molecule has 1 aliphatic rings. The highest BCUT2D eigenvalue weighted by Gasteiger charge is 2.19. The zero-order valence-electron chi connectivity index (χ0n) is 14.1. The number of hydrogen-bond donors (Lipinski definition) is 1. The summed E-state index contributed by atoms with van der Waals surface area (Å²) in [4.78, 5) is 0. The summed E-state index contributed by atoms with van der Waals surface area (Å²) in [5.41, 5.74) is 8.16. The molecular formula is C19H21ClN2O2. The largest absolute Gasteiger partial charge is 0.497 e. The minimum atomic E-state index is 0.734. The summed E-state index contributed by atoms with van der Waals surface area (Å²) in [6, 6.07) is 13.8. The third-order valence-electron chi connectivity index (χ3n) is 4.09. The number of ether oxygens (including phenoxy) is 2. The van der Waals surface area contributed by atoms with Gasteiger partial charge in [0.05, 0.1) is 26.5 Å². The highest BCUT2D eigenvalue weighted by Crippen LogP contribution is 2.28. The van der Waals surface area contributed by atoms with Crippen molar-refractivity contribution >= 4 is 17.3 Å². The normalized spacial score (nSPS) is 13.9. The molecule has 24 heavy (non-hydrogen) atoms. The van der Waals surface area contributed by atoms with E-state index >= 15 is 0 Å². The standard InChI is InChI=1S/C19H21ClN2O2/c1-13-12-22(16-6-4-5-15(20)10-16)21-19(13)9-14-7-17(23-2)11-18(8-14)24-3/h4-8,10-11,21H,9,12H2,1-3H3. The van der Waals surface area contributed by atoms with Gasteiger partial charge in [-0.3, -0.25) is 5.01 Å². The Kier molecular flexibility index (Phi) is 4.86. The van der Waals surface area contributed by atoms with E-state index in [2.05, 4.69) is 17.4 Å². The molecule has 0 radical (unpaired) electrons. The van der Waals surface area contributed by atoms with E-state index < -0.39 is 0 Å². The van der Waals surface area contributed by atoms with Gasteiger partial charge in [-0.05, 0) is 48.4 Å². The smallest absolute Gasteiger partial charge is 0.122 e. The van der Waals surface area contributed by atoms with Crippen LogP contribution in [0.2, 0.25) is 5.02 Å². The van der Waals surface area contributed by atoms with Crippen LogP contribution in [0.4, 0.5) is 5.69 Å². The average Bonchev–Trinajstić information content (AvgIpc) is 2.95. The van der Waals surface area contributed by atoms with E-state index in [1.807, 2.05) is 42.5 Å². The second kappa shape index (κ2) is 7.05. The minimum Gasteiger partial charge on any atom is -0.497 e. The molecule has 3 rings (SSSR count). The first-order valence-corrected chi connectivity index (χ1v) is 8.17. The van der Waals surface area contributed by atoms with Gasteiger partial charge in [0.25, 0.3) is 0 Å². The van der Waals surface area contributed by atoms with E-state index in [-0.39, 0.29) is 0 Å². The minimum absolute atomic E-state index is 0.734. The quantitative estimate of drug-likeness (QED) is 0.881. The van der Waals surface area contributed by atoms with E-state index in [0.717, 1.165) is 40.7 Å². The first kappa shape index (κ1) is 16.5. The number of hydrogen-bond acceptors (Lipinski definition) is 4. The van der Waals surface area contributed by atoms with E-state index in [9.17, 15) is 0 Å². The number of nitrogens with one attached hydrogen (secondary N) is 1. The molecular weight excluding hydrogens is 324 g/mol. The summed E-state index contributed by atoms with van der Waals surface area (Å²) < 4.78 is 10.7. The molecule has 0 aromatic heterocycles. The number of nitrogens with zero attached hydrogens (tertiary/aromatic N) is 1. The molecule has 1 heterocycles. The number of anilines is 1. The Morgan fingerprint density at radius 3 is 2.42 bits per heavy atom. The van der Waals surface area contributed by atoms with Gasteiger partial charge in [-0.15, -0.1) is 0 Å². The van der Waals surface area contributed by atoms with E-state index in [1.165, 1.54) is 11.3 Å². The molecule has 1 aliphatic heterocycles. The topological polar surface area (TPSA) is 33.7 Å². The average molecular weight is 345 g/mol. The third kappa shape index (κ3) is 3.60. The molecule has 0 spiro atoms. The fraction of sp³-hybridized carbons (Fsp3) is 0.263. The Morgan fingerprint density at radius 1 is 1.08 bits per heavy atom. The molecule has 0 saturated carbocycles. The van der Waals surface area contributed by atoms with Crippen LogP contribution in [0.5, 0.6) is 11.5 Å². The van der Waals surface area contributed by atoms with E-state index in [0.29, 0.717) is 0 Å². The second-order valence-electron chi connectivity index (χ2n) is 5.83. The van der Waals surface area contributed by atoms with Crippen molar-refractivity contribution in [2.75, 3.05) is 25.8 Å². The Labute approximate surface area is 147 Å². The fourth-order valence-corrected chi connectivity index (χ4v) is 2.98. The maximum Gasteiger partial charge on any atom is 0.122 e. The number of methoxy groups -OCH3 is 2. The monoisotopic (exact) mass is 344 g/mol. The van der Waals surface area contributed by atoms with Crippen LogP contribution in [0.1, 0.15) is 12.5 Å². The summed E-state index contributed by atoms with van der Waals surface area (Å²) in [6.45, 7) is 2.97. The summed E-state index contributed by atoms with van der Waals surface area (Å²) >= 11 is 6.10. The van der Waals surface area contributed by atoms with Gasteiger partial charge < -0.3 is 14.9 Å². The van der Waals surface area contributed by atoms with Crippen LogP contribution < -0.4 is 19.9 Å². The molecule has 0 saturated heterocycles. The third-order valence-corrected chi connectivity index (χ3v) is 4.33. The van der Waals surface area contributed by atoms with Gasteiger partial charge in [-0.25, -0.2) is 0 Å². The predicted molar refractivity (Wildman–Crippen MR) is 97.9 cm³/mol. The lowest BCUT2D eigenvalue weighted by molar-refractivity contribution is 0.393. The maximum absolute atomic E-state index is 6.10. The van der Waals surface area contributed by atoms with E-state index in [4.69, 9.17) is 21.1 Å². The first-order valence-electron chi connectivity index (χ1n) is 7.79. The van der Waals surface area contributed by atoms with Crippen molar-refractivity contribution in [2.24, 2.45) is 0 Å². The van der Waals surface area contributed by atoms with Crippen LogP contribution in [-0.2, 0) is 6.42 Å². The van der Waals surface area contributed by atoms with Gasteiger partial charge in [-0.2, -0.15) is 0 Å². The molecule has 0 bridgehead atoms. The predicted octanol–water partition coefficient (Wildman–Crippen LogP) is 4.20. The summed E-state index contributed by atoms with van der Waals surface area (Å²) in [6.07, 6.45) is 0.788. The van der Waals surface area contributed by atoms with Crippen molar-refractivity contribution in [3.05, 3.63) is 64.3 Å². The lowest BCUT2D eigenvalue weighted by Crippen LogP contribution is -2.32. The molecule has 5 heteroatoms. The number of hydrazine groups is 1. The van der Waals surface area contributed by atoms with E-state index in [1.54, 1.807) is 14.2 Å². The fourth-order valence-electron chi connectivity index (χ4n) is 2.79. The van der Waals surface area contributed by atoms with Gasteiger partial charge in [0.1, 0.15) is 11.5 Å². The van der Waals surface area contributed by atoms with Gasteiger partial charge >= 0.3 is 0 Å². The summed E-state index contributed by atoms with van der Waals surface area (Å²) in [5, 5.41) is 2.84. The van der Waals surface area contributed by atoms with Crippen molar-refractivity contribution in [3.8, 4) is 11.5 Å². The van der Waals surface area contributed by atoms with Crippen molar-refractivity contribution < 1.29 is 9.47 Å². The summed E-state index contributed by atoms with van der Waals surface area (Å²) in [7, 11) is 3.33. The Hall–Kier alpha value is -2.33. The van der Waals surface area contributed by atoms with Crippen LogP contribution in [0, 0.1) is 0 Å². The molecule has 0 amide bonds. The highest BCUT2D eigenvalue weighted by atomic mass is 35.5. The molecule has 0 unspecified atom stereocenters. The number of halogens is 1. The summed E-state index contributed by atoms with van der Waals surface area (Å²) in [5.74, 6) is 1.60. The number of allylic oxidation sites excluding steroid dienone is 1. The van der Waals surface area contributed by atoms with Gasteiger partial charge in [0.2, 0.25) is 0 Å². The SMILES string of the molecule is COc1cc(CC2=C(C)CN(c3cccc(Cl)c3)N2)cc(OC)c1. The molecule has 2 aromatic carbocycles. The van der Waals surface area contributed by atoms with Gasteiger partial charge in [0.15, 0.2) is 0 Å². The first-order chi connectivity index (χ1) is 11.6. The van der Waals surface area contributed by atoms with Crippen molar-refractivity contribution in [1.29, 1.82) is 0 Å².